The van der Waals surface area contributed by atoms with E-state index in [1.54, 1.807) is 0 Å². The quantitative estimate of drug-likeness (QED) is 0.759. The number of piperazine rings is 1. The summed E-state index contributed by atoms with van der Waals surface area (Å²) < 4.78 is 0. The molecule has 0 aromatic heterocycles. The van der Waals surface area contributed by atoms with Crippen molar-refractivity contribution in [1.82, 2.24) is 15.1 Å². The third-order valence-corrected chi connectivity index (χ3v) is 3.86. The maximum Gasteiger partial charge on any atom is 0.221 e. The second-order valence-electron chi connectivity index (χ2n) is 5.43. The first kappa shape index (κ1) is 15.9. The Morgan fingerprint density at radius 2 is 1.76 bits per heavy atom. The zero-order valence-electron chi connectivity index (χ0n) is 12.5. The van der Waals surface area contributed by atoms with Crippen molar-refractivity contribution in [2.45, 2.75) is 12.8 Å². The highest BCUT2D eigenvalue weighted by atomic mass is 16.3. The van der Waals surface area contributed by atoms with Gasteiger partial charge >= 0.3 is 0 Å². The van der Waals surface area contributed by atoms with Crippen LogP contribution in [0.15, 0.2) is 30.3 Å². The van der Waals surface area contributed by atoms with E-state index in [9.17, 15) is 4.79 Å². The van der Waals surface area contributed by atoms with Crippen LogP contribution in [0.1, 0.15) is 12.0 Å². The molecule has 1 fully saturated rings. The van der Waals surface area contributed by atoms with Crippen molar-refractivity contribution in [3.05, 3.63) is 35.9 Å². The number of hydrogen-bond acceptors (Lipinski definition) is 4. The van der Waals surface area contributed by atoms with Crippen LogP contribution in [-0.4, -0.2) is 66.8 Å². The average molecular weight is 291 g/mol. The summed E-state index contributed by atoms with van der Waals surface area (Å²) in [6, 6.07) is 10.1. The van der Waals surface area contributed by atoms with E-state index in [1.165, 1.54) is 5.56 Å². The summed E-state index contributed by atoms with van der Waals surface area (Å²) in [4.78, 5) is 16.3. The van der Waals surface area contributed by atoms with E-state index in [1.807, 2.05) is 30.3 Å². The van der Waals surface area contributed by atoms with Crippen LogP contribution >= 0.6 is 0 Å². The topological polar surface area (TPSA) is 55.8 Å². The maximum absolute atomic E-state index is 11.8. The normalized spacial score (nSPS) is 16.8. The number of aryl methyl sites for hydroxylation is 1. The molecule has 0 spiro atoms. The van der Waals surface area contributed by atoms with Crippen molar-refractivity contribution in [2.75, 3.05) is 46.0 Å². The lowest BCUT2D eigenvalue weighted by Gasteiger charge is -2.34. The Morgan fingerprint density at radius 1 is 1.10 bits per heavy atom. The lowest BCUT2D eigenvalue weighted by atomic mass is 10.1. The smallest absolute Gasteiger partial charge is 0.221 e. The summed E-state index contributed by atoms with van der Waals surface area (Å²) in [5.41, 5.74) is 1.20. The molecule has 0 aliphatic carbocycles. The lowest BCUT2D eigenvalue weighted by molar-refractivity contribution is -0.121. The Kier molecular flexibility index (Phi) is 6.66. The molecule has 0 bridgehead atoms. The number of hydrogen-bond donors (Lipinski definition) is 2. The summed E-state index contributed by atoms with van der Waals surface area (Å²) in [5.74, 6) is 0.108. The van der Waals surface area contributed by atoms with Gasteiger partial charge in [-0.15, -0.1) is 0 Å². The molecule has 2 rings (SSSR count). The third-order valence-electron chi connectivity index (χ3n) is 3.86. The molecule has 0 saturated carbocycles. The molecule has 0 atom stereocenters. The van der Waals surface area contributed by atoms with Gasteiger partial charge in [-0.3, -0.25) is 14.6 Å². The lowest BCUT2D eigenvalue weighted by Crippen LogP contribution is -2.50. The fraction of sp³-hybridized carbons (Fsp3) is 0.562. The van der Waals surface area contributed by atoms with E-state index >= 15 is 0 Å². The first-order valence-electron chi connectivity index (χ1n) is 7.64. The molecule has 5 nitrogen and oxygen atoms in total. The summed E-state index contributed by atoms with van der Waals surface area (Å²) in [7, 11) is 0. The number of aliphatic hydroxyl groups is 1. The second-order valence-corrected chi connectivity index (χ2v) is 5.43. The largest absolute Gasteiger partial charge is 0.395 e. The minimum absolute atomic E-state index is 0.108. The SMILES string of the molecule is O=C(CCc1ccccc1)NCN1CCN(CCO)CC1. The zero-order valence-corrected chi connectivity index (χ0v) is 12.5. The van der Waals surface area contributed by atoms with Crippen LogP contribution in [0.25, 0.3) is 0 Å². The van der Waals surface area contributed by atoms with Crippen LogP contribution in [0, 0.1) is 0 Å². The van der Waals surface area contributed by atoms with Crippen molar-refractivity contribution in [3.8, 4) is 0 Å². The molecule has 0 unspecified atom stereocenters. The molecule has 1 aliphatic rings. The van der Waals surface area contributed by atoms with Gasteiger partial charge < -0.3 is 10.4 Å². The van der Waals surface area contributed by atoms with E-state index in [4.69, 9.17) is 5.11 Å². The highest BCUT2D eigenvalue weighted by molar-refractivity contribution is 5.76. The number of amides is 1. The van der Waals surface area contributed by atoms with Crippen molar-refractivity contribution >= 4 is 5.91 Å². The average Bonchev–Trinajstić information content (AvgIpc) is 2.53. The molecule has 116 valence electrons. The molecule has 1 heterocycles. The fourth-order valence-electron chi connectivity index (χ4n) is 2.50. The predicted octanol–water partition coefficient (Wildman–Crippen LogP) is 0.303. The third kappa shape index (κ3) is 5.83. The Labute approximate surface area is 126 Å². The molecule has 1 aromatic carbocycles. The van der Waals surface area contributed by atoms with Crippen molar-refractivity contribution in [3.63, 3.8) is 0 Å². The van der Waals surface area contributed by atoms with Gasteiger partial charge in [0.1, 0.15) is 0 Å². The Balaban J connectivity index is 1.59. The van der Waals surface area contributed by atoms with E-state index in [0.717, 1.165) is 39.1 Å². The molecule has 1 aromatic rings. The highest BCUT2D eigenvalue weighted by Crippen LogP contribution is 2.03. The number of rotatable bonds is 7. The Hall–Kier alpha value is -1.43. The van der Waals surface area contributed by atoms with Crippen molar-refractivity contribution in [2.24, 2.45) is 0 Å². The van der Waals surface area contributed by atoms with Crippen LogP contribution in [0.5, 0.6) is 0 Å². The van der Waals surface area contributed by atoms with Gasteiger partial charge in [0.05, 0.1) is 13.3 Å². The Bertz CT molecular complexity index is 417. The van der Waals surface area contributed by atoms with Crippen LogP contribution < -0.4 is 5.32 Å². The van der Waals surface area contributed by atoms with E-state index in [-0.39, 0.29) is 12.5 Å². The standard InChI is InChI=1S/C16H25N3O2/c20-13-12-18-8-10-19(11-9-18)14-17-16(21)7-6-15-4-2-1-3-5-15/h1-5,20H,6-14H2,(H,17,21). The summed E-state index contributed by atoms with van der Waals surface area (Å²) >= 11 is 0. The minimum Gasteiger partial charge on any atom is -0.395 e. The number of nitrogens with zero attached hydrogens (tertiary/aromatic N) is 2. The second kappa shape index (κ2) is 8.77. The number of β-amino-alcohol motifs (C(OH)–C–C–N with tert-alkyl or cyclic N) is 1. The van der Waals surface area contributed by atoms with Crippen molar-refractivity contribution in [1.29, 1.82) is 0 Å². The summed E-state index contributed by atoms with van der Waals surface area (Å²) in [5, 5.41) is 11.9. The molecule has 5 heteroatoms. The molecular weight excluding hydrogens is 266 g/mol. The van der Waals surface area contributed by atoms with E-state index in [2.05, 4.69) is 15.1 Å². The first-order chi connectivity index (χ1) is 10.3. The fourth-order valence-corrected chi connectivity index (χ4v) is 2.50. The van der Waals surface area contributed by atoms with Gasteiger partial charge in [-0.25, -0.2) is 0 Å². The molecule has 0 radical (unpaired) electrons. The minimum atomic E-state index is 0.108. The van der Waals surface area contributed by atoms with Crippen LogP contribution in [0.2, 0.25) is 0 Å². The van der Waals surface area contributed by atoms with Gasteiger partial charge in [-0.1, -0.05) is 30.3 Å². The van der Waals surface area contributed by atoms with E-state index < -0.39 is 0 Å². The number of nitrogens with one attached hydrogen (secondary N) is 1. The summed E-state index contributed by atoms with van der Waals surface area (Å²) in [6.07, 6.45) is 1.32. The molecule has 1 aliphatic heterocycles. The maximum atomic E-state index is 11.8. The molecule has 21 heavy (non-hydrogen) atoms. The summed E-state index contributed by atoms with van der Waals surface area (Å²) in [6.45, 7) is 5.40. The zero-order chi connectivity index (χ0) is 14.9. The van der Waals surface area contributed by atoms with Gasteiger partial charge in [-0.2, -0.15) is 0 Å². The van der Waals surface area contributed by atoms with Crippen molar-refractivity contribution < 1.29 is 9.90 Å². The van der Waals surface area contributed by atoms with Gasteiger partial charge in [0, 0.05) is 39.1 Å². The Morgan fingerprint density at radius 3 is 2.43 bits per heavy atom. The molecular formula is C16H25N3O2. The number of carbonyl (C=O) groups is 1. The van der Waals surface area contributed by atoms with Crippen LogP contribution in [0.4, 0.5) is 0 Å². The molecule has 2 N–H and O–H groups in total. The van der Waals surface area contributed by atoms with Gasteiger partial charge in [0.15, 0.2) is 0 Å². The van der Waals surface area contributed by atoms with Crippen LogP contribution in [0.3, 0.4) is 0 Å². The number of benzene rings is 1. The van der Waals surface area contributed by atoms with Gasteiger partial charge in [0.25, 0.3) is 0 Å². The van der Waals surface area contributed by atoms with Gasteiger partial charge in [0.2, 0.25) is 5.91 Å². The molecule has 1 amide bonds. The van der Waals surface area contributed by atoms with E-state index in [0.29, 0.717) is 13.1 Å². The van der Waals surface area contributed by atoms with Crippen LogP contribution in [-0.2, 0) is 11.2 Å². The number of carbonyl (C=O) groups excluding carboxylic acids is 1. The number of aliphatic hydroxyl groups excluding tert-OH is 1. The monoisotopic (exact) mass is 291 g/mol. The highest BCUT2D eigenvalue weighted by Gasteiger charge is 2.16. The molecule has 1 saturated heterocycles. The van der Waals surface area contributed by atoms with Gasteiger partial charge in [-0.05, 0) is 12.0 Å². The first-order valence-corrected chi connectivity index (χ1v) is 7.64. The predicted molar refractivity (Wildman–Crippen MR) is 82.9 cm³/mol.